The number of piperidine rings is 1. The van der Waals surface area contributed by atoms with Gasteiger partial charge in [0.25, 0.3) is 0 Å². The van der Waals surface area contributed by atoms with Crippen LogP contribution in [0.25, 0.3) is 10.9 Å². The number of nitrogens with zero attached hydrogens (tertiary/aromatic N) is 3. The number of hydrogen-bond donors (Lipinski definition) is 1. The number of hydrogen-bond acceptors (Lipinski definition) is 4. The third-order valence-corrected chi connectivity index (χ3v) is 3.83. The standard InChI is InChI=1S/C15H14F3N3O2/c16-15(17,18)14-19-11-5-4-9(13(22)23)8-10(11)12(20-14)21-6-2-1-3-7-21/h4-5,8H,1-3,6-7H2,(H,22,23). The van der Waals surface area contributed by atoms with E-state index in [1.807, 2.05) is 0 Å². The first-order valence-corrected chi connectivity index (χ1v) is 7.23. The number of aromatic carboxylic acids is 1. The summed E-state index contributed by atoms with van der Waals surface area (Å²) in [6.45, 7) is 1.20. The van der Waals surface area contributed by atoms with Gasteiger partial charge in [-0.2, -0.15) is 13.2 Å². The molecular formula is C15H14F3N3O2. The maximum absolute atomic E-state index is 13.0. The first-order chi connectivity index (χ1) is 10.9. The normalized spacial score (nSPS) is 15.9. The van der Waals surface area contributed by atoms with E-state index in [1.54, 1.807) is 4.90 Å². The highest BCUT2D eigenvalue weighted by atomic mass is 19.4. The molecule has 0 saturated carbocycles. The van der Waals surface area contributed by atoms with Crippen LogP contribution in [0.15, 0.2) is 18.2 Å². The first kappa shape index (κ1) is 15.5. The molecule has 1 saturated heterocycles. The molecule has 1 aliphatic heterocycles. The number of anilines is 1. The fourth-order valence-corrected chi connectivity index (χ4v) is 2.72. The van der Waals surface area contributed by atoms with Gasteiger partial charge >= 0.3 is 12.1 Å². The van der Waals surface area contributed by atoms with Crippen molar-refractivity contribution in [1.29, 1.82) is 0 Å². The number of halogens is 3. The van der Waals surface area contributed by atoms with Crippen molar-refractivity contribution in [3.8, 4) is 0 Å². The largest absolute Gasteiger partial charge is 0.478 e. The Bertz CT molecular complexity index is 755. The number of carboxylic acids is 1. The number of carboxylic acid groups (broad SMARTS) is 1. The Morgan fingerprint density at radius 3 is 2.43 bits per heavy atom. The molecule has 1 aliphatic rings. The zero-order valence-corrected chi connectivity index (χ0v) is 12.1. The lowest BCUT2D eigenvalue weighted by atomic mass is 10.1. The Hall–Kier alpha value is -2.38. The molecule has 0 atom stereocenters. The molecule has 1 N–H and O–H groups in total. The van der Waals surface area contributed by atoms with Crippen LogP contribution >= 0.6 is 0 Å². The van der Waals surface area contributed by atoms with Crippen LogP contribution in [-0.2, 0) is 6.18 Å². The summed E-state index contributed by atoms with van der Waals surface area (Å²) in [5, 5.41) is 9.43. The molecule has 0 unspecified atom stereocenters. The van der Waals surface area contributed by atoms with Crippen molar-refractivity contribution in [3.63, 3.8) is 0 Å². The van der Waals surface area contributed by atoms with E-state index in [4.69, 9.17) is 5.11 Å². The van der Waals surface area contributed by atoms with E-state index in [-0.39, 0.29) is 16.9 Å². The molecule has 5 nitrogen and oxygen atoms in total. The van der Waals surface area contributed by atoms with Crippen molar-refractivity contribution < 1.29 is 23.1 Å². The van der Waals surface area contributed by atoms with E-state index < -0.39 is 18.0 Å². The fraction of sp³-hybridized carbons (Fsp3) is 0.400. The molecule has 3 rings (SSSR count). The van der Waals surface area contributed by atoms with Crippen LogP contribution in [0.3, 0.4) is 0 Å². The summed E-state index contributed by atoms with van der Waals surface area (Å²) in [4.78, 5) is 20.1. The fourth-order valence-electron chi connectivity index (χ4n) is 2.72. The van der Waals surface area contributed by atoms with Gasteiger partial charge in [0.1, 0.15) is 5.82 Å². The van der Waals surface area contributed by atoms with Gasteiger partial charge in [-0.3, -0.25) is 0 Å². The minimum Gasteiger partial charge on any atom is -0.478 e. The number of fused-ring (bicyclic) bond motifs is 1. The summed E-state index contributed by atoms with van der Waals surface area (Å²) in [7, 11) is 0. The Labute approximate surface area is 129 Å². The van der Waals surface area contributed by atoms with Crippen LogP contribution in [0.5, 0.6) is 0 Å². The van der Waals surface area contributed by atoms with Crippen LogP contribution in [0.4, 0.5) is 19.0 Å². The maximum atomic E-state index is 13.0. The molecule has 0 amide bonds. The first-order valence-electron chi connectivity index (χ1n) is 7.23. The second kappa shape index (κ2) is 5.68. The molecule has 23 heavy (non-hydrogen) atoms. The third kappa shape index (κ3) is 3.06. The summed E-state index contributed by atoms with van der Waals surface area (Å²) in [6, 6.07) is 3.88. The topological polar surface area (TPSA) is 66.3 Å². The molecule has 2 aromatic rings. The lowest BCUT2D eigenvalue weighted by Gasteiger charge is -2.29. The Morgan fingerprint density at radius 2 is 1.83 bits per heavy atom. The third-order valence-electron chi connectivity index (χ3n) is 3.83. The van der Waals surface area contributed by atoms with Crippen molar-refractivity contribution >= 4 is 22.7 Å². The molecule has 1 aromatic carbocycles. The van der Waals surface area contributed by atoms with E-state index in [1.165, 1.54) is 18.2 Å². The second-order valence-corrected chi connectivity index (χ2v) is 5.45. The molecular weight excluding hydrogens is 311 g/mol. The molecule has 0 radical (unpaired) electrons. The average molecular weight is 325 g/mol. The highest BCUT2D eigenvalue weighted by molar-refractivity contribution is 5.97. The van der Waals surface area contributed by atoms with Crippen LogP contribution in [0.1, 0.15) is 35.4 Å². The highest BCUT2D eigenvalue weighted by Crippen LogP contribution is 2.33. The van der Waals surface area contributed by atoms with Crippen LogP contribution in [-0.4, -0.2) is 34.1 Å². The second-order valence-electron chi connectivity index (χ2n) is 5.45. The van der Waals surface area contributed by atoms with E-state index in [0.717, 1.165) is 19.3 Å². The van der Waals surface area contributed by atoms with Gasteiger partial charge in [-0.1, -0.05) is 0 Å². The Kier molecular flexibility index (Phi) is 3.83. The van der Waals surface area contributed by atoms with Crippen LogP contribution in [0, 0.1) is 0 Å². The SMILES string of the molecule is O=C(O)c1ccc2nc(C(F)(F)F)nc(N3CCCCC3)c2c1. The smallest absolute Gasteiger partial charge is 0.451 e. The van der Waals surface area contributed by atoms with Crippen molar-refractivity contribution in [3.05, 3.63) is 29.6 Å². The van der Waals surface area contributed by atoms with Gasteiger partial charge in [-0.25, -0.2) is 14.8 Å². The molecule has 0 bridgehead atoms. The lowest BCUT2D eigenvalue weighted by Crippen LogP contribution is -2.31. The number of rotatable bonds is 2. The maximum Gasteiger partial charge on any atom is 0.451 e. The van der Waals surface area contributed by atoms with E-state index in [0.29, 0.717) is 18.5 Å². The number of aromatic nitrogens is 2. The van der Waals surface area contributed by atoms with Gasteiger partial charge in [0, 0.05) is 18.5 Å². The molecule has 2 heterocycles. The van der Waals surface area contributed by atoms with Gasteiger partial charge < -0.3 is 10.0 Å². The lowest BCUT2D eigenvalue weighted by molar-refractivity contribution is -0.144. The van der Waals surface area contributed by atoms with Crippen molar-refractivity contribution in [2.24, 2.45) is 0 Å². The van der Waals surface area contributed by atoms with Crippen LogP contribution in [0.2, 0.25) is 0 Å². The van der Waals surface area contributed by atoms with Gasteiger partial charge in [0.2, 0.25) is 5.82 Å². The van der Waals surface area contributed by atoms with Crippen molar-refractivity contribution in [2.75, 3.05) is 18.0 Å². The van der Waals surface area contributed by atoms with Crippen LogP contribution < -0.4 is 4.90 Å². The quantitative estimate of drug-likeness (QED) is 0.917. The number of benzene rings is 1. The minimum atomic E-state index is -4.65. The van der Waals surface area contributed by atoms with E-state index in [9.17, 15) is 18.0 Å². The summed E-state index contributed by atoms with van der Waals surface area (Å²) in [5.41, 5.74) is 0.0945. The summed E-state index contributed by atoms with van der Waals surface area (Å²) < 4.78 is 39.1. The summed E-state index contributed by atoms with van der Waals surface area (Å²) >= 11 is 0. The van der Waals surface area contributed by atoms with Gasteiger partial charge in [0.05, 0.1) is 11.1 Å². The molecule has 1 fully saturated rings. The molecule has 0 spiro atoms. The van der Waals surface area contributed by atoms with E-state index >= 15 is 0 Å². The monoisotopic (exact) mass is 325 g/mol. The molecule has 0 aliphatic carbocycles. The Morgan fingerprint density at radius 1 is 1.13 bits per heavy atom. The predicted molar refractivity (Wildman–Crippen MR) is 77.6 cm³/mol. The van der Waals surface area contributed by atoms with Crippen molar-refractivity contribution in [2.45, 2.75) is 25.4 Å². The minimum absolute atomic E-state index is 0.000817. The molecule has 8 heteroatoms. The summed E-state index contributed by atoms with van der Waals surface area (Å²) in [5.74, 6) is -2.19. The number of alkyl halides is 3. The van der Waals surface area contributed by atoms with E-state index in [2.05, 4.69) is 9.97 Å². The molecule has 1 aromatic heterocycles. The molecule has 122 valence electrons. The van der Waals surface area contributed by atoms with Gasteiger partial charge in [-0.05, 0) is 37.5 Å². The van der Waals surface area contributed by atoms with Crippen molar-refractivity contribution in [1.82, 2.24) is 9.97 Å². The van der Waals surface area contributed by atoms with Gasteiger partial charge in [0.15, 0.2) is 0 Å². The zero-order chi connectivity index (χ0) is 16.6. The zero-order valence-electron chi connectivity index (χ0n) is 12.1. The average Bonchev–Trinajstić information content (AvgIpc) is 2.53. The summed E-state index contributed by atoms with van der Waals surface area (Å²) in [6.07, 6.45) is -1.90. The predicted octanol–water partition coefficient (Wildman–Crippen LogP) is 3.34. The highest BCUT2D eigenvalue weighted by Gasteiger charge is 2.36. The number of carbonyl (C=O) groups is 1. The Balaban J connectivity index is 2.22. The van der Waals surface area contributed by atoms with Gasteiger partial charge in [-0.15, -0.1) is 0 Å².